The van der Waals surface area contributed by atoms with E-state index in [2.05, 4.69) is 5.32 Å². The van der Waals surface area contributed by atoms with Crippen LogP contribution in [0.25, 0.3) is 0 Å². The summed E-state index contributed by atoms with van der Waals surface area (Å²) in [6.45, 7) is 0. The fourth-order valence-corrected chi connectivity index (χ4v) is 3.03. The third-order valence-electron chi connectivity index (χ3n) is 3.98. The minimum atomic E-state index is -0.359. The summed E-state index contributed by atoms with van der Waals surface area (Å²) in [6, 6.07) is 9.28. The Balaban J connectivity index is 1.87. The number of carbonyl (C=O) groups is 1. The first kappa shape index (κ1) is 15.0. The van der Waals surface area contributed by atoms with Crippen molar-refractivity contribution in [3.05, 3.63) is 35.9 Å². The molecule has 0 bridgehead atoms. The molecular formula is C16H22N2OS. The quantitative estimate of drug-likeness (QED) is 0.792. The number of carbonyl (C=O) groups excluding carboxylic acids is 1. The number of nitrogens with one attached hydrogen (secondary N) is 1. The summed E-state index contributed by atoms with van der Waals surface area (Å²) in [4.78, 5) is 12.4. The third-order valence-corrected chi connectivity index (χ3v) is 4.21. The number of nitrogens with two attached hydrogens (primary N) is 1. The summed E-state index contributed by atoms with van der Waals surface area (Å²) in [5, 5.41) is 2.95. The highest BCUT2D eigenvalue weighted by molar-refractivity contribution is 7.80. The number of hydrogen-bond donors (Lipinski definition) is 2. The van der Waals surface area contributed by atoms with Crippen LogP contribution < -0.4 is 11.1 Å². The molecule has 1 aliphatic carbocycles. The average Bonchev–Trinajstić information content (AvgIpc) is 2.96. The molecule has 1 aromatic carbocycles. The highest BCUT2D eigenvalue weighted by Gasteiger charge is 2.19. The van der Waals surface area contributed by atoms with Crippen molar-refractivity contribution in [1.82, 2.24) is 5.32 Å². The van der Waals surface area contributed by atoms with Crippen LogP contribution in [0.4, 0.5) is 0 Å². The van der Waals surface area contributed by atoms with Gasteiger partial charge in [0.2, 0.25) is 5.91 Å². The van der Waals surface area contributed by atoms with Crippen LogP contribution in [0.2, 0.25) is 0 Å². The van der Waals surface area contributed by atoms with Gasteiger partial charge in [-0.25, -0.2) is 0 Å². The molecule has 1 atom stereocenters. The predicted octanol–water partition coefficient (Wildman–Crippen LogP) is 3.10. The normalized spacial score (nSPS) is 16.8. The monoisotopic (exact) mass is 290 g/mol. The van der Waals surface area contributed by atoms with Crippen LogP contribution in [0, 0.1) is 5.92 Å². The lowest BCUT2D eigenvalue weighted by Gasteiger charge is -2.18. The molecule has 1 saturated carbocycles. The highest BCUT2D eigenvalue weighted by atomic mass is 32.1. The SMILES string of the molecule is NC(=S)C(NC(=O)CCC1CCCC1)c1ccccc1. The van der Waals surface area contributed by atoms with E-state index in [1.54, 1.807) is 0 Å². The molecule has 0 spiro atoms. The predicted molar refractivity (Wildman–Crippen MR) is 85.3 cm³/mol. The molecule has 108 valence electrons. The molecule has 0 heterocycles. The number of hydrogen-bond acceptors (Lipinski definition) is 2. The first-order valence-corrected chi connectivity index (χ1v) is 7.71. The second-order valence-corrected chi connectivity index (χ2v) is 5.97. The van der Waals surface area contributed by atoms with E-state index in [4.69, 9.17) is 18.0 Å². The molecule has 0 radical (unpaired) electrons. The van der Waals surface area contributed by atoms with Gasteiger partial charge in [-0.2, -0.15) is 0 Å². The topological polar surface area (TPSA) is 55.1 Å². The van der Waals surface area contributed by atoms with Gasteiger partial charge in [0.05, 0.1) is 0 Å². The molecule has 0 aliphatic heterocycles. The minimum Gasteiger partial charge on any atom is -0.391 e. The van der Waals surface area contributed by atoms with Crippen molar-refractivity contribution in [3.8, 4) is 0 Å². The van der Waals surface area contributed by atoms with Crippen LogP contribution in [0.15, 0.2) is 30.3 Å². The van der Waals surface area contributed by atoms with Crippen molar-refractivity contribution < 1.29 is 4.79 Å². The second-order valence-electron chi connectivity index (χ2n) is 5.50. The summed E-state index contributed by atoms with van der Waals surface area (Å²) in [5.41, 5.74) is 6.69. The van der Waals surface area contributed by atoms with E-state index in [1.165, 1.54) is 25.7 Å². The van der Waals surface area contributed by atoms with Crippen molar-refractivity contribution in [1.29, 1.82) is 0 Å². The Hall–Kier alpha value is -1.42. The molecule has 20 heavy (non-hydrogen) atoms. The maximum atomic E-state index is 12.1. The van der Waals surface area contributed by atoms with Crippen LogP contribution in [-0.4, -0.2) is 10.9 Å². The lowest BCUT2D eigenvalue weighted by molar-refractivity contribution is -0.121. The summed E-state index contributed by atoms with van der Waals surface area (Å²) >= 11 is 5.07. The van der Waals surface area contributed by atoms with Gasteiger partial charge in [0.15, 0.2) is 0 Å². The molecule has 1 aliphatic rings. The van der Waals surface area contributed by atoms with Gasteiger partial charge in [-0.05, 0) is 17.9 Å². The number of rotatable bonds is 6. The molecule has 0 aromatic heterocycles. The van der Waals surface area contributed by atoms with Crippen molar-refractivity contribution in [2.45, 2.75) is 44.6 Å². The molecule has 1 aromatic rings. The smallest absolute Gasteiger partial charge is 0.220 e. The Labute approximate surface area is 125 Å². The van der Waals surface area contributed by atoms with Gasteiger partial charge in [-0.1, -0.05) is 68.2 Å². The molecule has 1 unspecified atom stereocenters. The van der Waals surface area contributed by atoms with Crippen LogP contribution in [0.5, 0.6) is 0 Å². The lowest BCUT2D eigenvalue weighted by Crippen LogP contribution is -2.36. The fourth-order valence-electron chi connectivity index (χ4n) is 2.83. The number of thiocarbonyl (C=S) groups is 1. The van der Waals surface area contributed by atoms with Crippen molar-refractivity contribution in [3.63, 3.8) is 0 Å². The van der Waals surface area contributed by atoms with E-state index in [9.17, 15) is 4.79 Å². The molecule has 2 rings (SSSR count). The summed E-state index contributed by atoms with van der Waals surface area (Å²) in [5.74, 6) is 0.763. The zero-order valence-electron chi connectivity index (χ0n) is 11.7. The van der Waals surface area contributed by atoms with Crippen molar-refractivity contribution >= 4 is 23.1 Å². The van der Waals surface area contributed by atoms with Crippen LogP contribution in [0.3, 0.4) is 0 Å². The van der Waals surface area contributed by atoms with Crippen LogP contribution >= 0.6 is 12.2 Å². The van der Waals surface area contributed by atoms with Gasteiger partial charge in [0, 0.05) is 6.42 Å². The summed E-state index contributed by atoms with van der Waals surface area (Å²) < 4.78 is 0. The zero-order valence-corrected chi connectivity index (χ0v) is 12.5. The summed E-state index contributed by atoms with van der Waals surface area (Å²) in [6.07, 6.45) is 6.70. The van der Waals surface area contributed by atoms with E-state index >= 15 is 0 Å². The maximum Gasteiger partial charge on any atom is 0.220 e. The van der Waals surface area contributed by atoms with E-state index in [0.717, 1.165) is 17.9 Å². The Morgan fingerprint density at radius 1 is 1.30 bits per heavy atom. The van der Waals surface area contributed by atoms with Crippen LogP contribution in [-0.2, 0) is 4.79 Å². The van der Waals surface area contributed by atoms with E-state index in [0.29, 0.717) is 11.4 Å². The Morgan fingerprint density at radius 2 is 1.95 bits per heavy atom. The van der Waals surface area contributed by atoms with E-state index < -0.39 is 0 Å². The Kier molecular flexibility index (Phi) is 5.53. The molecule has 3 nitrogen and oxygen atoms in total. The van der Waals surface area contributed by atoms with Gasteiger partial charge >= 0.3 is 0 Å². The second kappa shape index (κ2) is 7.39. The van der Waals surface area contributed by atoms with Gasteiger partial charge < -0.3 is 11.1 Å². The molecule has 0 saturated heterocycles. The Morgan fingerprint density at radius 3 is 2.55 bits per heavy atom. The Bertz CT molecular complexity index is 455. The van der Waals surface area contributed by atoms with E-state index in [1.807, 2.05) is 30.3 Å². The van der Waals surface area contributed by atoms with Crippen molar-refractivity contribution in [2.24, 2.45) is 11.7 Å². The van der Waals surface area contributed by atoms with Gasteiger partial charge in [0.25, 0.3) is 0 Å². The number of benzene rings is 1. The highest BCUT2D eigenvalue weighted by Crippen LogP contribution is 2.28. The molecule has 3 N–H and O–H groups in total. The minimum absolute atomic E-state index is 0.0403. The largest absolute Gasteiger partial charge is 0.391 e. The third kappa shape index (κ3) is 4.30. The van der Waals surface area contributed by atoms with E-state index in [-0.39, 0.29) is 11.9 Å². The van der Waals surface area contributed by atoms with Crippen molar-refractivity contribution in [2.75, 3.05) is 0 Å². The van der Waals surface area contributed by atoms with Gasteiger partial charge in [-0.3, -0.25) is 4.79 Å². The molecular weight excluding hydrogens is 268 g/mol. The summed E-state index contributed by atoms with van der Waals surface area (Å²) in [7, 11) is 0. The van der Waals surface area contributed by atoms with Gasteiger partial charge in [0.1, 0.15) is 11.0 Å². The zero-order chi connectivity index (χ0) is 14.4. The molecule has 4 heteroatoms. The molecule has 1 fully saturated rings. The standard InChI is InChI=1S/C16H22N2OS/c17-16(20)15(13-8-2-1-3-9-13)18-14(19)11-10-12-6-4-5-7-12/h1-3,8-9,12,15H,4-7,10-11H2,(H2,17,20)(H,18,19). The average molecular weight is 290 g/mol. The van der Waals surface area contributed by atoms with Gasteiger partial charge in [-0.15, -0.1) is 0 Å². The fraction of sp³-hybridized carbons (Fsp3) is 0.500. The maximum absolute atomic E-state index is 12.1. The van der Waals surface area contributed by atoms with Crippen LogP contribution in [0.1, 0.15) is 50.1 Å². The lowest BCUT2D eigenvalue weighted by atomic mass is 10.0. The number of amides is 1. The molecule has 1 amide bonds. The first-order valence-electron chi connectivity index (χ1n) is 7.30. The first-order chi connectivity index (χ1) is 9.66.